The predicted octanol–water partition coefficient (Wildman–Crippen LogP) is 1.94. The van der Waals surface area contributed by atoms with Gasteiger partial charge in [-0.1, -0.05) is 5.21 Å². The summed E-state index contributed by atoms with van der Waals surface area (Å²) in [4.78, 5) is 1.01. The van der Waals surface area contributed by atoms with Crippen LogP contribution in [0.1, 0.15) is 37.3 Å². The topological polar surface area (TPSA) is 94.1 Å². The van der Waals surface area contributed by atoms with Gasteiger partial charge in [0.05, 0.1) is 11.7 Å². The van der Waals surface area contributed by atoms with Crippen molar-refractivity contribution in [1.82, 2.24) is 19.3 Å². The summed E-state index contributed by atoms with van der Waals surface area (Å²) in [5.74, 6) is 0.222. The molecule has 1 aliphatic rings. The number of thiophene rings is 1. The maximum absolute atomic E-state index is 12.8. The fourth-order valence-corrected chi connectivity index (χ4v) is 6.01. The molecule has 9 heteroatoms. The number of hydrogen-bond acceptors (Lipinski definition) is 6. The van der Waals surface area contributed by atoms with Gasteiger partial charge in [0.25, 0.3) is 10.0 Å². The maximum atomic E-state index is 12.8. The van der Waals surface area contributed by atoms with Crippen molar-refractivity contribution >= 4 is 21.4 Å². The molecule has 3 heterocycles. The number of rotatable bonds is 5. The van der Waals surface area contributed by atoms with Crippen LogP contribution in [0, 0.1) is 12.8 Å². The quantitative estimate of drug-likeness (QED) is 0.851. The van der Waals surface area contributed by atoms with Crippen molar-refractivity contribution in [3.05, 3.63) is 28.9 Å². The monoisotopic (exact) mass is 383 g/mol. The van der Waals surface area contributed by atoms with Crippen LogP contribution in [0.25, 0.3) is 0 Å². The molecule has 2 aromatic rings. The van der Waals surface area contributed by atoms with Crippen LogP contribution in [0.5, 0.6) is 0 Å². The summed E-state index contributed by atoms with van der Waals surface area (Å²) in [5.41, 5.74) is 6.25. The van der Waals surface area contributed by atoms with Gasteiger partial charge in [0, 0.05) is 24.5 Å². The van der Waals surface area contributed by atoms with Crippen molar-refractivity contribution < 1.29 is 8.42 Å². The van der Waals surface area contributed by atoms with E-state index in [9.17, 15) is 8.42 Å². The SMILES string of the molecule is Cc1ccc(S(=O)(=O)N2CCCC(Cn3cc(C(C)(C)N)nn3)C2)s1. The van der Waals surface area contributed by atoms with E-state index in [0.29, 0.717) is 23.8 Å². The maximum Gasteiger partial charge on any atom is 0.252 e. The smallest absolute Gasteiger partial charge is 0.252 e. The van der Waals surface area contributed by atoms with Crippen LogP contribution in [0.3, 0.4) is 0 Å². The van der Waals surface area contributed by atoms with Crippen molar-refractivity contribution in [3.8, 4) is 0 Å². The molecular weight excluding hydrogens is 358 g/mol. The highest BCUT2D eigenvalue weighted by atomic mass is 32.2. The Bertz CT molecular complexity index is 835. The number of sulfonamides is 1. The van der Waals surface area contributed by atoms with Gasteiger partial charge in [-0.25, -0.2) is 8.42 Å². The number of aromatic nitrogens is 3. The van der Waals surface area contributed by atoms with Gasteiger partial charge >= 0.3 is 0 Å². The standard InChI is InChI=1S/C16H25N5O2S2/c1-12-6-7-15(24-12)25(22,23)21-8-4-5-13(10-21)9-20-11-14(18-19-20)16(2,3)17/h6-7,11,13H,4-5,8-10,17H2,1-3H3. The van der Waals surface area contributed by atoms with Crippen LogP contribution in [-0.4, -0.2) is 40.8 Å². The molecule has 0 aliphatic carbocycles. The summed E-state index contributed by atoms with van der Waals surface area (Å²) >= 11 is 1.33. The Hall–Kier alpha value is -1.29. The first-order chi connectivity index (χ1) is 11.7. The molecule has 0 amide bonds. The largest absolute Gasteiger partial charge is 0.320 e. The highest BCUT2D eigenvalue weighted by Gasteiger charge is 2.31. The molecule has 1 aliphatic heterocycles. The van der Waals surface area contributed by atoms with Crippen molar-refractivity contribution in [1.29, 1.82) is 0 Å². The van der Waals surface area contributed by atoms with Crippen LogP contribution in [0.15, 0.2) is 22.5 Å². The second-order valence-corrected chi connectivity index (χ2v) is 10.7. The third kappa shape index (κ3) is 4.11. The van der Waals surface area contributed by atoms with Crippen LogP contribution in [0.2, 0.25) is 0 Å². The van der Waals surface area contributed by atoms with Gasteiger partial charge in [-0.05, 0) is 51.7 Å². The summed E-state index contributed by atoms with van der Waals surface area (Å²) in [6.07, 6.45) is 3.70. The lowest BCUT2D eigenvalue weighted by atomic mass is 9.99. The molecule has 138 valence electrons. The van der Waals surface area contributed by atoms with E-state index in [1.165, 1.54) is 11.3 Å². The minimum Gasteiger partial charge on any atom is -0.320 e. The fourth-order valence-electron chi connectivity index (χ4n) is 3.02. The van der Waals surface area contributed by atoms with Crippen molar-refractivity contribution in [2.45, 2.75) is 49.9 Å². The van der Waals surface area contributed by atoms with Gasteiger partial charge in [-0.2, -0.15) is 4.31 Å². The second-order valence-electron chi connectivity index (χ2n) is 7.28. The van der Waals surface area contributed by atoms with E-state index >= 15 is 0 Å². The lowest BCUT2D eigenvalue weighted by Gasteiger charge is -2.31. The van der Waals surface area contributed by atoms with Gasteiger partial charge in [-0.15, -0.1) is 16.4 Å². The van der Waals surface area contributed by atoms with E-state index in [-0.39, 0.29) is 5.92 Å². The van der Waals surface area contributed by atoms with Gasteiger partial charge < -0.3 is 5.73 Å². The zero-order valence-corrected chi connectivity index (χ0v) is 16.5. The van der Waals surface area contributed by atoms with Crippen LogP contribution < -0.4 is 5.73 Å². The Morgan fingerprint density at radius 2 is 2.16 bits per heavy atom. The predicted molar refractivity (Wildman–Crippen MR) is 97.8 cm³/mol. The molecule has 2 aromatic heterocycles. The minimum atomic E-state index is -3.40. The van der Waals surface area contributed by atoms with E-state index in [1.54, 1.807) is 15.1 Å². The van der Waals surface area contributed by atoms with Crippen LogP contribution in [-0.2, 0) is 22.1 Å². The zero-order chi connectivity index (χ0) is 18.2. The van der Waals surface area contributed by atoms with Crippen LogP contribution in [0.4, 0.5) is 0 Å². The Morgan fingerprint density at radius 3 is 2.76 bits per heavy atom. The molecule has 1 fully saturated rings. The normalized spacial score (nSPS) is 20.1. The van der Waals surface area contributed by atoms with Crippen LogP contribution >= 0.6 is 11.3 Å². The molecule has 0 aromatic carbocycles. The molecule has 1 saturated heterocycles. The summed E-state index contributed by atoms with van der Waals surface area (Å²) in [7, 11) is -3.40. The highest BCUT2D eigenvalue weighted by molar-refractivity contribution is 7.91. The van der Waals surface area contributed by atoms with E-state index < -0.39 is 15.6 Å². The van der Waals surface area contributed by atoms with Gasteiger partial charge in [0.2, 0.25) is 0 Å². The number of aryl methyl sites for hydroxylation is 1. The molecule has 0 spiro atoms. The molecule has 0 bridgehead atoms. The van der Waals surface area contributed by atoms with Crippen molar-refractivity contribution in [3.63, 3.8) is 0 Å². The third-order valence-corrected chi connectivity index (χ3v) is 7.77. The highest BCUT2D eigenvalue weighted by Crippen LogP contribution is 2.28. The van der Waals surface area contributed by atoms with E-state index in [0.717, 1.165) is 23.4 Å². The van der Waals surface area contributed by atoms with Gasteiger partial charge in [0.1, 0.15) is 9.90 Å². The summed E-state index contributed by atoms with van der Waals surface area (Å²) in [6, 6.07) is 3.55. The Kier molecular flexibility index (Phi) is 5.02. The first-order valence-corrected chi connectivity index (χ1v) is 10.7. The fraction of sp³-hybridized carbons (Fsp3) is 0.625. The molecule has 0 saturated carbocycles. The lowest BCUT2D eigenvalue weighted by molar-refractivity contribution is 0.238. The molecule has 1 unspecified atom stereocenters. The summed E-state index contributed by atoms with van der Waals surface area (Å²) in [5, 5.41) is 8.28. The van der Waals surface area contributed by atoms with E-state index in [1.807, 2.05) is 33.0 Å². The van der Waals surface area contributed by atoms with E-state index in [2.05, 4.69) is 10.3 Å². The average molecular weight is 384 g/mol. The number of nitrogens with two attached hydrogens (primary N) is 1. The first kappa shape index (κ1) is 18.5. The summed E-state index contributed by atoms with van der Waals surface area (Å²) in [6.45, 7) is 7.44. The average Bonchev–Trinajstić information content (AvgIpc) is 3.16. The molecular formula is C16H25N5O2S2. The molecule has 25 heavy (non-hydrogen) atoms. The third-order valence-electron chi connectivity index (χ3n) is 4.44. The Balaban J connectivity index is 1.70. The number of hydrogen-bond donors (Lipinski definition) is 1. The number of piperidine rings is 1. The molecule has 7 nitrogen and oxygen atoms in total. The molecule has 0 radical (unpaired) electrons. The first-order valence-electron chi connectivity index (χ1n) is 8.42. The lowest BCUT2D eigenvalue weighted by Crippen LogP contribution is -2.40. The van der Waals surface area contributed by atoms with Crippen molar-refractivity contribution in [2.24, 2.45) is 11.7 Å². The molecule has 3 rings (SSSR count). The Labute approximate surface area is 152 Å². The summed E-state index contributed by atoms with van der Waals surface area (Å²) < 4.78 is 29.5. The zero-order valence-electron chi connectivity index (χ0n) is 14.8. The second kappa shape index (κ2) is 6.79. The van der Waals surface area contributed by atoms with Crippen molar-refractivity contribution in [2.75, 3.05) is 13.1 Å². The van der Waals surface area contributed by atoms with Gasteiger partial charge in [-0.3, -0.25) is 4.68 Å². The number of nitrogens with zero attached hydrogens (tertiary/aromatic N) is 4. The minimum absolute atomic E-state index is 0.222. The molecule has 1 atom stereocenters. The molecule has 2 N–H and O–H groups in total. The van der Waals surface area contributed by atoms with E-state index in [4.69, 9.17) is 5.73 Å². The van der Waals surface area contributed by atoms with Gasteiger partial charge in [0.15, 0.2) is 0 Å². The Morgan fingerprint density at radius 1 is 1.40 bits per heavy atom.